The van der Waals surface area contributed by atoms with Crippen LogP contribution in [0.25, 0.3) is 0 Å². The predicted octanol–water partition coefficient (Wildman–Crippen LogP) is 1.61. The van der Waals surface area contributed by atoms with Gasteiger partial charge in [-0.05, 0) is 32.4 Å². The summed E-state index contributed by atoms with van der Waals surface area (Å²) in [7, 11) is 0. The van der Waals surface area contributed by atoms with Gasteiger partial charge in [-0.15, -0.1) is 0 Å². The number of ether oxygens (including phenoxy) is 1. The molecule has 0 aliphatic carbocycles. The Morgan fingerprint density at radius 1 is 1.42 bits per heavy atom. The highest BCUT2D eigenvalue weighted by atomic mass is 16.5. The van der Waals surface area contributed by atoms with Gasteiger partial charge in [-0.2, -0.15) is 0 Å². The van der Waals surface area contributed by atoms with Crippen molar-refractivity contribution < 1.29 is 19.4 Å². The molecule has 1 aliphatic rings. The second-order valence-corrected chi connectivity index (χ2v) is 5.32. The Kier molecular flexibility index (Phi) is 5.61. The van der Waals surface area contributed by atoms with E-state index in [9.17, 15) is 14.7 Å². The molecule has 1 aliphatic heterocycles. The van der Waals surface area contributed by atoms with Gasteiger partial charge >= 0.3 is 12.0 Å². The van der Waals surface area contributed by atoms with Crippen molar-refractivity contribution >= 4 is 12.0 Å². The summed E-state index contributed by atoms with van der Waals surface area (Å²) >= 11 is 0. The number of carbonyl (C=O) groups excluding carboxylic acids is 2. The molecule has 126 valence electrons. The third kappa shape index (κ3) is 3.94. The number of aliphatic hydroxyl groups is 1. The van der Waals surface area contributed by atoms with Crippen LogP contribution in [0.2, 0.25) is 0 Å². The number of carbonyl (C=O) groups is 2. The molecule has 0 radical (unpaired) electrons. The minimum Gasteiger partial charge on any atom is -0.463 e. The van der Waals surface area contributed by atoms with Crippen LogP contribution in [0.4, 0.5) is 4.79 Å². The van der Waals surface area contributed by atoms with Gasteiger partial charge in [-0.3, -0.25) is 0 Å². The SMILES string of the molecule is CCOC(=O)C1=C(C)NC(=O)NC1c1ccccc1C#CC(C)O. The number of benzene rings is 1. The van der Waals surface area contributed by atoms with E-state index < -0.39 is 24.1 Å². The smallest absolute Gasteiger partial charge is 0.338 e. The zero-order valence-corrected chi connectivity index (χ0v) is 13.8. The first-order chi connectivity index (χ1) is 11.4. The number of hydrogen-bond donors (Lipinski definition) is 3. The van der Waals surface area contributed by atoms with Gasteiger partial charge in [-0.25, -0.2) is 9.59 Å². The molecule has 2 unspecified atom stereocenters. The van der Waals surface area contributed by atoms with E-state index in [-0.39, 0.29) is 6.61 Å². The number of nitrogens with one attached hydrogen (secondary N) is 2. The number of rotatable bonds is 3. The zero-order chi connectivity index (χ0) is 17.7. The van der Waals surface area contributed by atoms with Crippen molar-refractivity contribution in [3.8, 4) is 11.8 Å². The fourth-order valence-electron chi connectivity index (χ4n) is 2.45. The molecule has 3 N–H and O–H groups in total. The van der Waals surface area contributed by atoms with E-state index in [0.29, 0.717) is 22.4 Å². The van der Waals surface area contributed by atoms with Crippen molar-refractivity contribution in [1.82, 2.24) is 10.6 Å². The molecule has 0 saturated carbocycles. The molecule has 1 aromatic carbocycles. The molecule has 6 heteroatoms. The molecule has 0 saturated heterocycles. The number of hydrogen-bond acceptors (Lipinski definition) is 4. The van der Waals surface area contributed by atoms with E-state index in [2.05, 4.69) is 22.5 Å². The minimum absolute atomic E-state index is 0.236. The molecular formula is C18H20N2O4. The monoisotopic (exact) mass is 328 g/mol. The average molecular weight is 328 g/mol. The van der Waals surface area contributed by atoms with Crippen molar-refractivity contribution in [1.29, 1.82) is 0 Å². The van der Waals surface area contributed by atoms with Crippen LogP contribution in [0, 0.1) is 11.8 Å². The summed E-state index contributed by atoms with van der Waals surface area (Å²) in [5.74, 6) is 5.07. The Morgan fingerprint density at radius 2 is 2.12 bits per heavy atom. The lowest BCUT2D eigenvalue weighted by Crippen LogP contribution is -2.45. The summed E-state index contributed by atoms with van der Waals surface area (Å²) in [5.41, 5.74) is 2.08. The molecule has 24 heavy (non-hydrogen) atoms. The van der Waals surface area contributed by atoms with Gasteiger partial charge in [0, 0.05) is 11.3 Å². The fraction of sp³-hybridized carbons (Fsp3) is 0.333. The topological polar surface area (TPSA) is 87.7 Å². The number of urea groups is 1. The van der Waals surface area contributed by atoms with Crippen LogP contribution in [-0.4, -0.2) is 29.8 Å². The van der Waals surface area contributed by atoms with Crippen LogP contribution in [0.15, 0.2) is 35.5 Å². The van der Waals surface area contributed by atoms with E-state index in [1.807, 2.05) is 0 Å². The maximum absolute atomic E-state index is 12.3. The van der Waals surface area contributed by atoms with E-state index in [4.69, 9.17) is 4.74 Å². The lowest BCUT2D eigenvalue weighted by atomic mass is 9.92. The van der Waals surface area contributed by atoms with Crippen molar-refractivity contribution in [2.24, 2.45) is 0 Å². The van der Waals surface area contributed by atoms with Gasteiger partial charge in [0.15, 0.2) is 0 Å². The van der Waals surface area contributed by atoms with Gasteiger partial charge < -0.3 is 20.5 Å². The van der Waals surface area contributed by atoms with Crippen LogP contribution in [-0.2, 0) is 9.53 Å². The lowest BCUT2D eigenvalue weighted by Gasteiger charge is -2.28. The molecule has 2 atom stereocenters. The van der Waals surface area contributed by atoms with Crippen LogP contribution in [0.5, 0.6) is 0 Å². The molecule has 0 bridgehead atoms. The van der Waals surface area contributed by atoms with Gasteiger partial charge in [-0.1, -0.05) is 30.0 Å². The third-order valence-electron chi connectivity index (χ3n) is 3.45. The molecule has 0 aromatic heterocycles. The lowest BCUT2D eigenvalue weighted by molar-refractivity contribution is -0.139. The minimum atomic E-state index is -0.775. The summed E-state index contributed by atoms with van der Waals surface area (Å²) in [6, 6.07) is 6.10. The molecule has 1 aromatic rings. The second-order valence-electron chi connectivity index (χ2n) is 5.32. The van der Waals surface area contributed by atoms with Crippen LogP contribution in [0.3, 0.4) is 0 Å². The van der Waals surface area contributed by atoms with Crippen LogP contribution >= 0.6 is 0 Å². The Balaban J connectivity index is 2.53. The normalized spacial score (nSPS) is 18.0. The van der Waals surface area contributed by atoms with Crippen molar-refractivity contribution in [2.75, 3.05) is 6.61 Å². The highest BCUT2D eigenvalue weighted by Crippen LogP contribution is 2.29. The number of amides is 2. The Hall–Kier alpha value is -2.78. The highest BCUT2D eigenvalue weighted by molar-refractivity contribution is 5.95. The second kappa shape index (κ2) is 7.66. The summed E-state index contributed by atoms with van der Waals surface area (Å²) in [6.45, 7) is 5.18. The highest BCUT2D eigenvalue weighted by Gasteiger charge is 2.33. The van der Waals surface area contributed by atoms with Crippen molar-refractivity contribution in [3.05, 3.63) is 46.7 Å². The molecule has 2 rings (SSSR count). The van der Waals surface area contributed by atoms with Crippen molar-refractivity contribution in [2.45, 2.75) is 32.9 Å². The average Bonchev–Trinajstić information content (AvgIpc) is 2.52. The van der Waals surface area contributed by atoms with Gasteiger partial charge in [0.2, 0.25) is 0 Å². The predicted molar refractivity (Wildman–Crippen MR) is 88.7 cm³/mol. The van der Waals surface area contributed by atoms with Crippen molar-refractivity contribution in [3.63, 3.8) is 0 Å². The molecule has 6 nitrogen and oxygen atoms in total. The Labute approximate surface area is 140 Å². The number of esters is 1. The first kappa shape index (κ1) is 17.6. The summed E-state index contributed by atoms with van der Waals surface area (Å²) in [4.78, 5) is 24.2. The Bertz CT molecular complexity index is 741. The quantitative estimate of drug-likeness (QED) is 0.581. The number of allylic oxidation sites excluding steroid dienone is 1. The standard InChI is InChI=1S/C18H20N2O4/c1-4-24-17(22)15-12(3)19-18(23)20-16(15)14-8-6-5-7-13(14)10-9-11(2)21/h5-8,11,16,21H,4H2,1-3H3,(H2,19,20,23). The molecule has 1 heterocycles. The maximum atomic E-state index is 12.3. The summed E-state index contributed by atoms with van der Waals surface area (Å²) < 4.78 is 5.11. The van der Waals surface area contributed by atoms with Gasteiger partial charge in [0.1, 0.15) is 6.10 Å². The summed E-state index contributed by atoms with van der Waals surface area (Å²) in [5, 5.41) is 14.7. The van der Waals surface area contributed by atoms with E-state index >= 15 is 0 Å². The molecule has 0 spiro atoms. The largest absolute Gasteiger partial charge is 0.463 e. The Morgan fingerprint density at radius 3 is 2.79 bits per heavy atom. The molecule has 2 amide bonds. The fourth-order valence-corrected chi connectivity index (χ4v) is 2.45. The first-order valence-electron chi connectivity index (χ1n) is 7.68. The zero-order valence-electron chi connectivity index (χ0n) is 13.8. The van der Waals surface area contributed by atoms with E-state index in [0.717, 1.165) is 0 Å². The summed E-state index contributed by atoms with van der Waals surface area (Å²) in [6.07, 6.45) is -0.775. The molecular weight excluding hydrogens is 308 g/mol. The van der Waals surface area contributed by atoms with Gasteiger partial charge in [0.05, 0.1) is 18.2 Å². The van der Waals surface area contributed by atoms with E-state index in [1.54, 1.807) is 45.0 Å². The van der Waals surface area contributed by atoms with Crippen LogP contribution in [0.1, 0.15) is 37.9 Å². The number of aliphatic hydroxyl groups excluding tert-OH is 1. The first-order valence-corrected chi connectivity index (χ1v) is 7.68. The third-order valence-corrected chi connectivity index (χ3v) is 3.45. The maximum Gasteiger partial charge on any atom is 0.338 e. The van der Waals surface area contributed by atoms with Crippen LogP contribution < -0.4 is 10.6 Å². The van der Waals surface area contributed by atoms with E-state index in [1.165, 1.54) is 0 Å². The van der Waals surface area contributed by atoms with Gasteiger partial charge in [0.25, 0.3) is 0 Å². The molecule has 0 fully saturated rings.